The van der Waals surface area contributed by atoms with Gasteiger partial charge in [-0.2, -0.15) is 0 Å². The Balaban J connectivity index is 1.42. The number of nitrogens with one attached hydrogen (secondary N) is 2. The van der Waals surface area contributed by atoms with E-state index in [-0.39, 0.29) is 12.1 Å². The second kappa shape index (κ2) is 7.18. The van der Waals surface area contributed by atoms with Gasteiger partial charge in [-0.15, -0.1) is 0 Å². The number of nitrogens with zero attached hydrogens (tertiary/aromatic N) is 1. The fourth-order valence-corrected chi connectivity index (χ4v) is 3.98. The summed E-state index contributed by atoms with van der Waals surface area (Å²) in [5, 5.41) is 6.16. The summed E-state index contributed by atoms with van der Waals surface area (Å²) in [6, 6.07) is 16.6. The van der Waals surface area contributed by atoms with Crippen LogP contribution in [0, 0.1) is 0 Å². The number of amides is 2. The average molecular weight is 335 g/mol. The molecule has 4 heteroatoms. The quantitative estimate of drug-likeness (QED) is 0.868. The maximum Gasteiger partial charge on any atom is 0.319 e. The van der Waals surface area contributed by atoms with E-state index in [1.807, 2.05) is 12.1 Å². The van der Waals surface area contributed by atoms with Crippen LogP contribution in [0.4, 0.5) is 16.2 Å². The van der Waals surface area contributed by atoms with E-state index in [2.05, 4.69) is 51.9 Å². The van der Waals surface area contributed by atoms with Gasteiger partial charge in [-0.1, -0.05) is 30.3 Å². The number of urea groups is 1. The summed E-state index contributed by atoms with van der Waals surface area (Å²) in [6.07, 6.45) is 5.72. The van der Waals surface area contributed by atoms with Crippen LogP contribution in [0.15, 0.2) is 48.5 Å². The van der Waals surface area contributed by atoms with Gasteiger partial charge in [0.05, 0.1) is 6.04 Å². The minimum Gasteiger partial charge on any atom is -0.371 e. The molecule has 2 amide bonds. The highest BCUT2D eigenvalue weighted by atomic mass is 16.2. The average Bonchev–Trinajstić information content (AvgIpc) is 3.17. The Bertz CT molecular complexity index is 752. The fourth-order valence-electron chi connectivity index (χ4n) is 3.98. The molecule has 130 valence electrons. The van der Waals surface area contributed by atoms with E-state index in [9.17, 15) is 4.79 Å². The van der Waals surface area contributed by atoms with E-state index < -0.39 is 0 Å². The third kappa shape index (κ3) is 3.63. The third-order valence-corrected chi connectivity index (χ3v) is 5.25. The summed E-state index contributed by atoms with van der Waals surface area (Å²) >= 11 is 0. The topological polar surface area (TPSA) is 44.4 Å². The zero-order valence-electron chi connectivity index (χ0n) is 14.5. The first-order valence-electron chi connectivity index (χ1n) is 9.30. The van der Waals surface area contributed by atoms with Gasteiger partial charge < -0.3 is 15.5 Å². The maximum absolute atomic E-state index is 12.5. The Labute approximate surface area is 149 Å². The first kappa shape index (κ1) is 16.0. The summed E-state index contributed by atoms with van der Waals surface area (Å²) in [5.41, 5.74) is 4.66. The summed E-state index contributed by atoms with van der Waals surface area (Å²) in [5.74, 6) is 0. The van der Waals surface area contributed by atoms with Gasteiger partial charge in [-0.05, 0) is 61.4 Å². The molecule has 0 spiro atoms. The van der Waals surface area contributed by atoms with Crippen molar-refractivity contribution in [2.45, 2.75) is 38.1 Å². The van der Waals surface area contributed by atoms with E-state index in [1.165, 1.54) is 29.7 Å². The van der Waals surface area contributed by atoms with Crippen molar-refractivity contribution in [3.63, 3.8) is 0 Å². The molecule has 4 rings (SSSR count). The molecule has 0 bridgehead atoms. The highest BCUT2D eigenvalue weighted by molar-refractivity contribution is 5.90. The lowest BCUT2D eigenvalue weighted by Gasteiger charge is -2.26. The van der Waals surface area contributed by atoms with Gasteiger partial charge in [0.15, 0.2) is 0 Å². The van der Waals surface area contributed by atoms with E-state index >= 15 is 0 Å². The lowest BCUT2D eigenvalue weighted by atomic mass is 9.88. The molecule has 2 aromatic rings. The van der Waals surface area contributed by atoms with Crippen LogP contribution in [-0.4, -0.2) is 19.1 Å². The molecule has 1 aliphatic carbocycles. The van der Waals surface area contributed by atoms with Crippen LogP contribution in [0.25, 0.3) is 0 Å². The molecule has 0 unspecified atom stereocenters. The van der Waals surface area contributed by atoms with Gasteiger partial charge in [0, 0.05) is 24.5 Å². The number of carbonyl (C=O) groups excluding carboxylic acids is 1. The highest BCUT2D eigenvalue weighted by Crippen LogP contribution is 2.29. The van der Waals surface area contributed by atoms with Crippen molar-refractivity contribution in [2.75, 3.05) is 23.3 Å². The van der Waals surface area contributed by atoms with Gasteiger partial charge in [0.2, 0.25) is 0 Å². The Morgan fingerprint density at radius 3 is 2.72 bits per heavy atom. The Kier molecular flexibility index (Phi) is 4.59. The van der Waals surface area contributed by atoms with Crippen molar-refractivity contribution in [1.29, 1.82) is 0 Å². The van der Waals surface area contributed by atoms with Crippen LogP contribution in [0.1, 0.15) is 42.9 Å². The van der Waals surface area contributed by atoms with Gasteiger partial charge >= 0.3 is 6.03 Å². The monoisotopic (exact) mass is 335 g/mol. The molecule has 0 saturated carbocycles. The number of anilines is 2. The number of hydrogen-bond donors (Lipinski definition) is 2. The molecule has 0 radical (unpaired) electrons. The first-order chi connectivity index (χ1) is 12.3. The molecule has 1 aliphatic heterocycles. The van der Waals surface area contributed by atoms with Crippen molar-refractivity contribution >= 4 is 17.4 Å². The molecule has 1 atom stereocenters. The van der Waals surface area contributed by atoms with Crippen LogP contribution in [0.5, 0.6) is 0 Å². The number of carbonyl (C=O) groups is 1. The normalized spacial score (nSPS) is 19.4. The summed E-state index contributed by atoms with van der Waals surface area (Å²) in [4.78, 5) is 14.9. The molecule has 25 heavy (non-hydrogen) atoms. The fraction of sp³-hybridized carbons (Fsp3) is 0.381. The second-order valence-corrected chi connectivity index (χ2v) is 6.99. The van der Waals surface area contributed by atoms with Crippen LogP contribution in [0.2, 0.25) is 0 Å². The molecule has 2 aliphatic rings. The van der Waals surface area contributed by atoms with Crippen LogP contribution < -0.4 is 15.5 Å². The molecule has 2 N–H and O–H groups in total. The van der Waals surface area contributed by atoms with Gasteiger partial charge in [-0.3, -0.25) is 0 Å². The predicted octanol–water partition coefficient (Wildman–Crippen LogP) is 4.49. The largest absolute Gasteiger partial charge is 0.371 e. The molecule has 1 fully saturated rings. The zero-order valence-corrected chi connectivity index (χ0v) is 14.5. The molecule has 2 aromatic carbocycles. The third-order valence-electron chi connectivity index (χ3n) is 5.25. The van der Waals surface area contributed by atoms with E-state index in [4.69, 9.17) is 0 Å². The number of hydrogen-bond acceptors (Lipinski definition) is 2. The van der Waals surface area contributed by atoms with Gasteiger partial charge in [-0.25, -0.2) is 4.79 Å². The summed E-state index contributed by atoms with van der Waals surface area (Å²) in [7, 11) is 0. The standard InChI is InChI=1S/C21H25N3O/c25-21(23-20-12-5-8-16-7-1-2-11-19(16)20)22-17-9-6-10-18(15-17)24-13-3-4-14-24/h1-2,6-7,9-11,15,20H,3-5,8,12-14H2,(H2,22,23,25)/t20-/m0/s1. The predicted molar refractivity (Wildman–Crippen MR) is 102 cm³/mol. The minimum atomic E-state index is -0.125. The van der Waals surface area contributed by atoms with Crippen LogP contribution in [-0.2, 0) is 6.42 Å². The molecule has 1 heterocycles. The number of rotatable bonds is 3. The summed E-state index contributed by atoms with van der Waals surface area (Å²) in [6.45, 7) is 2.21. The van der Waals surface area contributed by atoms with Crippen molar-refractivity contribution in [1.82, 2.24) is 5.32 Å². The highest BCUT2D eigenvalue weighted by Gasteiger charge is 2.21. The smallest absolute Gasteiger partial charge is 0.319 e. The van der Waals surface area contributed by atoms with Crippen molar-refractivity contribution in [3.8, 4) is 0 Å². The van der Waals surface area contributed by atoms with E-state index in [1.54, 1.807) is 0 Å². The molecular formula is C21H25N3O. The Morgan fingerprint density at radius 1 is 1.00 bits per heavy atom. The lowest BCUT2D eigenvalue weighted by molar-refractivity contribution is 0.247. The van der Waals surface area contributed by atoms with Crippen LogP contribution in [0.3, 0.4) is 0 Å². The minimum absolute atomic E-state index is 0.103. The zero-order chi connectivity index (χ0) is 17.1. The number of aryl methyl sites for hydroxylation is 1. The first-order valence-corrected chi connectivity index (χ1v) is 9.30. The molecule has 4 nitrogen and oxygen atoms in total. The van der Waals surface area contributed by atoms with E-state index in [0.29, 0.717) is 0 Å². The SMILES string of the molecule is O=C(Nc1cccc(N2CCCC2)c1)N[C@H]1CCCc2ccccc21. The molecule has 1 saturated heterocycles. The Morgan fingerprint density at radius 2 is 1.84 bits per heavy atom. The van der Waals surface area contributed by atoms with Crippen molar-refractivity contribution in [2.24, 2.45) is 0 Å². The van der Waals surface area contributed by atoms with Crippen molar-refractivity contribution in [3.05, 3.63) is 59.7 Å². The Hall–Kier alpha value is -2.49. The van der Waals surface area contributed by atoms with Crippen molar-refractivity contribution < 1.29 is 4.79 Å². The van der Waals surface area contributed by atoms with E-state index in [0.717, 1.165) is 38.0 Å². The molecule has 0 aromatic heterocycles. The summed E-state index contributed by atoms with van der Waals surface area (Å²) < 4.78 is 0. The number of fused-ring (bicyclic) bond motifs is 1. The lowest BCUT2D eigenvalue weighted by Crippen LogP contribution is -2.34. The molecular weight excluding hydrogens is 310 g/mol. The second-order valence-electron chi connectivity index (χ2n) is 6.99. The van der Waals surface area contributed by atoms with Gasteiger partial charge in [0.1, 0.15) is 0 Å². The van der Waals surface area contributed by atoms with Crippen LogP contribution >= 0.6 is 0 Å². The van der Waals surface area contributed by atoms with Gasteiger partial charge in [0.25, 0.3) is 0 Å². The maximum atomic E-state index is 12.5. The number of benzene rings is 2.